The highest BCUT2D eigenvalue weighted by Crippen LogP contribution is 2.46. The Hall–Kier alpha value is -4.13. The molecule has 0 bridgehead atoms. The van der Waals surface area contributed by atoms with Gasteiger partial charge in [-0.25, -0.2) is 4.79 Å². The van der Waals surface area contributed by atoms with E-state index in [-0.39, 0.29) is 13.0 Å². The predicted molar refractivity (Wildman–Crippen MR) is 138 cm³/mol. The van der Waals surface area contributed by atoms with Crippen molar-refractivity contribution in [3.05, 3.63) is 96.1 Å². The van der Waals surface area contributed by atoms with E-state index in [4.69, 9.17) is 0 Å². The van der Waals surface area contributed by atoms with E-state index in [2.05, 4.69) is 33.3 Å². The largest absolute Gasteiger partial charge is 0.368 e. The van der Waals surface area contributed by atoms with Gasteiger partial charge in [-0.3, -0.25) is 19.8 Å². The van der Waals surface area contributed by atoms with E-state index >= 15 is 0 Å². The van der Waals surface area contributed by atoms with Crippen LogP contribution in [-0.4, -0.2) is 55.0 Å². The number of carbonyl (C=O) groups excluding carboxylic acids is 3. The fourth-order valence-corrected chi connectivity index (χ4v) is 5.97. The number of nitrogens with one attached hydrogen (secondary N) is 1. The van der Waals surface area contributed by atoms with Crippen LogP contribution in [0.4, 0.5) is 16.2 Å². The van der Waals surface area contributed by atoms with Gasteiger partial charge >= 0.3 is 6.03 Å². The molecule has 0 aliphatic carbocycles. The number of barbiturate groups is 1. The quantitative estimate of drug-likeness (QED) is 0.581. The van der Waals surface area contributed by atoms with Crippen LogP contribution in [0.15, 0.2) is 84.9 Å². The molecule has 2 saturated heterocycles. The lowest BCUT2D eigenvalue weighted by atomic mass is 9.67. The number of nitrogens with zero attached hydrogens (tertiary/aromatic N) is 3. The Morgan fingerprint density at radius 3 is 2.31 bits per heavy atom. The number of rotatable bonds is 4. The average Bonchev–Trinajstić information content (AvgIpc) is 2.92. The second-order valence-electron chi connectivity index (χ2n) is 9.72. The number of piperazine rings is 1. The maximum atomic E-state index is 14.3. The van der Waals surface area contributed by atoms with E-state index in [1.807, 2.05) is 66.7 Å². The minimum atomic E-state index is -1.38. The van der Waals surface area contributed by atoms with Gasteiger partial charge in [-0.15, -0.1) is 0 Å². The molecule has 6 rings (SSSR count). The number of anilines is 2. The topological polar surface area (TPSA) is 73.0 Å². The molecule has 182 valence electrons. The van der Waals surface area contributed by atoms with Crippen molar-refractivity contribution < 1.29 is 14.4 Å². The summed E-state index contributed by atoms with van der Waals surface area (Å²) < 4.78 is 0. The van der Waals surface area contributed by atoms with Crippen LogP contribution < -0.4 is 15.1 Å². The Labute approximate surface area is 210 Å². The van der Waals surface area contributed by atoms with E-state index < -0.39 is 29.3 Å². The molecule has 7 heteroatoms. The number of hydrogen-bond acceptors (Lipinski definition) is 5. The molecular weight excluding hydrogens is 452 g/mol. The molecule has 7 nitrogen and oxygen atoms in total. The van der Waals surface area contributed by atoms with E-state index in [1.54, 1.807) is 0 Å². The Kier molecular flexibility index (Phi) is 5.48. The lowest BCUT2D eigenvalue weighted by molar-refractivity contribution is -0.153. The molecule has 36 heavy (non-hydrogen) atoms. The molecule has 2 atom stereocenters. The van der Waals surface area contributed by atoms with Crippen LogP contribution >= 0.6 is 0 Å². The lowest BCUT2D eigenvalue weighted by Gasteiger charge is -2.55. The van der Waals surface area contributed by atoms with Crippen molar-refractivity contribution in [1.82, 2.24) is 10.2 Å². The highest BCUT2D eigenvalue weighted by Gasteiger charge is 2.62. The molecular formula is C29H28N4O3. The van der Waals surface area contributed by atoms with Crippen LogP contribution in [0.1, 0.15) is 11.1 Å². The molecule has 1 N–H and O–H groups in total. The molecule has 3 aromatic rings. The minimum Gasteiger partial charge on any atom is -0.368 e. The summed E-state index contributed by atoms with van der Waals surface area (Å²) in [6.07, 6.45) is 0.804. The molecule has 1 spiro atoms. The summed E-state index contributed by atoms with van der Waals surface area (Å²) >= 11 is 0. The lowest BCUT2D eigenvalue weighted by Crippen LogP contribution is -2.75. The number of amides is 4. The second-order valence-corrected chi connectivity index (χ2v) is 9.72. The standard InChI is InChI=1S/C29H28N4O3/c34-26-29(27(35)33(28(36)30-26)16-15-21-9-3-1-4-10-21)19-22-11-7-8-14-24(22)32-18-17-31(20-25(29)32)23-12-5-2-6-13-23/h1-14,25H,15-20H2,(H,30,34,36)/t25-,29-/m1/s1. The summed E-state index contributed by atoms with van der Waals surface area (Å²) in [5, 5.41) is 2.56. The van der Waals surface area contributed by atoms with Gasteiger partial charge in [0.15, 0.2) is 5.41 Å². The number of fused-ring (bicyclic) bond motifs is 4. The third-order valence-corrected chi connectivity index (χ3v) is 7.81. The molecule has 2 fully saturated rings. The van der Waals surface area contributed by atoms with Crippen molar-refractivity contribution in [1.29, 1.82) is 0 Å². The van der Waals surface area contributed by atoms with Crippen molar-refractivity contribution in [3.8, 4) is 0 Å². The molecule has 3 aliphatic heterocycles. The summed E-state index contributed by atoms with van der Waals surface area (Å²) in [5.41, 5.74) is 2.74. The maximum absolute atomic E-state index is 14.3. The zero-order chi connectivity index (χ0) is 24.7. The predicted octanol–water partition coefficient (Wildman–Crippen LogP) is 3.25. The zero-order valence-electron chi connectivity index (χ0n) is 20.0. The van der Waals surface area contributed by atoms with Crippen LogP contribution in [0, 0.1) is 5.41 Å². The van der Waals surface area contributed by atoms with Crippen LogP contribution in [0.5, 0.6) is 0 Å². The van der Waals surface area contributed by atoms with Crippen molar-refractivity contribution in [3.63, 3.8) is 0 Å². The highest BCUT2D eigenvalue weighted by molar-refractivity contribution is 6.20. The van der Waals surface area contributed by atoms with Gasteiger partial charge in [0.05, 0.1) is 6.04 Å². The van der Waals surface area contributed by atoms with Gasteiger partial charge in [0.25, 0.3) is 0 Å². The van der Waals surface area contributed by atoms with Crippen LogP contribution in [0.3, 0.4) is 0 Å². The van der Waals surface area contributed by atoms with Gasteiger partial charge in [0.2, 0.25) is 11.8 Å². The van der Waals surface area contributed by atoms with E-state index in [1.165, 1.54) is 4.90 Å². The number of hydrogen-bond donors (Lipinski definition) is 1. The van der Waals surface area contributed by atoms with E-state index in [0.29, 0.717) is 19.5 Å². The van der Waals surface area contributed by atoms with E-state index in [0.717, 1.165) is 29.0 Å². The number of imide groups is 2. The third-order valence-electron chi connectivity index (χ3n) is 7.81. The SMILES string of the molecule is O=C1NC(=O)[C@]2(Cc3ccccc3N3CCN(c4ccccc4)C[C@@H]32)C(=O)N1CCc1ccccc1. The van der Waals surface area contributed by atoms with Gasteiger partial charge in [-0.2, -0.15) is 0 Å². The highest BCUT2D eigenvalue weighted by atomic mass is 16.2. The molecule has 4 amide bonds. The molecule has 0 radical (unpaired) electrons. The summed E-state index contributed by atoms with van der Waals surface area (Å²) in [5.74, 6) is -0.889. The molecule has 0 unspecified atom stereocenters. The summed E-state index contributed by atoms with van der Waals surface area (Å²) in [6.45, 7) is 2.19. The van der Waals surface area contributed by atoms with Crippen LogP contribution in [0.25, 0.3) is 0 Å². The number of urea groups is 1. The third kappa shape index (κ3) is 3.54. The summed E-state index contributed by atoms with van der Waals surface area (Å²) in [4.78, 5) is 46.5. The van der Waals surface area contributed by atoms with Crippen molar-refractivity contribution in [2.45, 2.75) is 18.9 Å². The normalized spacial score (nSPS) is 23.4. The maximum Gasteiger partial charge on any atom is 0.330 e. The van der Waals surface area contributed by atoms with Gasteiger partial charge in [-0.1, -0.05) is 66.7 Å². The first-order chi connectivity index (χ1) is 17.6. The smallest absolute Gasteiger partial charge is 0.330 e. The fourth-order valence-electron chi connectivity index (χ4n) is 5.97. The number of para-hydroxylation sites is 2. The van der Waals surface area contributed by atoms with Crippen LogP contribution in [-0.2, 0) is 22.4 Å². The van der Waals surface area contributed by atoms with Gasteiger partial charge < -0.3 is 9.80 Å². The number of carbonyl (C=O) groups is 3. The first-order valence-electron chi connectivity index (χ1n) is 12.4. The Morgan fingerprint density at radius 1 is 0.833 bits per heavy atom. The molecule has 3 aliphatic rings. The first kappa shape index (κ1) is 22.3. The minimum absolute atomic E-state index is 0.223. The van der Waals surface area contributed by atoms with E-state index in [9.17, 15) is 14.4 Å². The monoisotopic (exact) mass is 480 g/mol. The Bertz CT molecular complexity index is 1310. The Morgan fingerprint density at radius 2 is 1.53 bits per heavy atom. The molecule has 3 heterocycles. The van der Waals surface area contributed by atoms with Crippen LogP contribution in [0.2, 0.25) is 0 Å². The van der Waals surface area contributed by atoms with Crippen molar-refractivity contribution in [2.24, 2.45) is 5.41 Å². The number of benzene rings is 3. The summed E-state index contributed by atoms with van der Waals surface area (Å²) in [6, 6.07) is 26.8. The second kappa shape index (κ2) is 8.82. The van der Waals surface area contributed by atoms with Crippen molar-refractivity contribution >= 4 is 29.2 Å². The molecule has 0 saturated carbocycles. The zero-order valence-corrected chi connectivity index (χ0v) is 20.0. The van der Waals surface area contributed by atoms with Gasteiger partial charge in [-0.05, 0) is 42.2 Å². The van der Waals surface area contributed by atoms with Crippen molar-refractivity contribution in [2.75, 3.05) is 36.0 Å². The summed E-state index contributed by atoms with van der Waals surface area (Å²) in [7, 11) is 0. The van der Waals surface area contributed by atoms with Gasteiger partial charge in [0.1, 0.15) is 0 Å². The molecule has 3 aromatic carbocycles. The fraction of sp³-hybridized carbons (Fsp3) is 0.276. The Balaban J connectivity index is 1.39. The molecule has 0 aromatic heterocycles. The average molecular weight is 481 g/mol. The first-order valence-corrected chi connectivity index (χ1v) is 12.4. The van der Waals surface area contributed by atoms with Gasteiger partial charge in [0, 0.05) is 37.6 Å².